The first-order valence-electron chi connectivity index (χ1n) is 7.58. The lowest BCUT2D eigenvalue weighted by Crippen LogP contribution is -2.34. The molecule has 1 aromatic carbocycles. The van der Waals surface area contributed by atoms with E-state index in [-0.39, 0.29) is 12.7 Å². The van der Waals surface area contributed by atoms with Crippen LogP contribution in [0.5, 0.6) is 17.2 Å². The molecule has 0 atom stereocenters. The van der Waals surface area contributed by atoms with Crippen LogP contribution in [0.25, 0.3) is 0 Å². The molecule has 7 heteroatoms. The van der Waals surface area contributed by atoms with Crippen molar-refractivity contribution < 1.29 is 19.1 Å². The normalized spacial score (nSPS) is 12.2. The number of carbonyl (C=O) groups excluding carboxylic acids is 1. The van der Waals surface area contributed by atoms with Gasteiger partial charge >= 0.3 is 0 Å². The molecule has 0 fully saturated rings. The van der Waals surface area contributed by atoms with Crippen molar-refractivity contribution in [3.05, 3.63) is 29.8 Å². The number of anilines is 1. The Morgan fingerprint density at radius 3 is 3.00 bits per heavy atom. The lowest BCUT2D eigenvalue weighted by molar-refractivity contribution is -0.122. The van der Waals surface area contributed by atoms with E-state index in [1.165, 1.54) is 16.4 Å². The molecule has 0 N–H and O–H groups in total. The number of carbonyl (C=O) groups is 1. The molecule has 0 radical (unpaired) electrons. The Bertz CT molecular complexity index is 660. The summed E-state index contributed by atoms with van der Waals surface area (Å²) in [5.74, 6) is 1.69. The fraction of sp³-hybridized carbons (Fsp3) is 0.375. The third kappa shape index (κ3) is 3.73. The molecule has 122 valence electrons. The minimum atomic E-state index is -0.105. The van der Waals surface area contributed by atoms with Crippen molar-refractivity contribution in [2.45, 2.75) is 32.6 Å². The number of rotatable bonds is 7. The summed E-state index contributed by atoms with van der Waals surface area (Å²) < 4.78 is 10.6. The highest BCUT2D eigenvalue weighted by Crippen LogP contribution is 2.35. The Hall–Kier alpha value is -2.28. The summed E-state index contributed by atoms with van der Waals surface area (Å²) in [5, 5.41) is 3.59. The highest BCUT2D eigenvalue weighted by atomic mass is 32.1. The number of hydroxylamine groups is 1. The van der Waals surface area contributed by atoms with E-state index >= 15 is 0 Å². The van der Waals surface area contributed by atoms with Crippen LogP contribution in [0.2, 0.25) is 0 Å². The zero-order chi connectivity index (χ0) is 16.1. The van der Waals surface area contributed by atoms with Crippen molar-refractivity contribution in [3.63, 3.8) is 0 Å². The standard InChI is InChI=1S/C16H18N2O4S/c1-2-3-4-5-15(19)18(16-17-8-9-23-16)22-12-6-7-13-14(10-12)21-11-20-13/h6-10H,2-5,11H2,1H3. The fourth-order valence-corrected chi connectivity index (χ4v) is 2.78. The van der Waals surface area contributed by atoms with Gasteiger partial charge in [0.25, 0.3) is 5.91 Å². The Morgan fingerprint density at radius 1 is 1.35 bits per heavy atom. The lowest BCUT2D eigenvalue weighted by atomic mass is 10.2. The Morgan fingerprint density at radius 2 is 2.22 bits per heavy atom. The summed E-state index contributed by atoms with van der Waals surface area (Å²) >= 11 is 1.36. The number of hydrogen-bond donors (Lipinski definition) is 0. The zero-order valence-electron chi connectivity index (χ0n) is 12.9. The van der Waals surface area contributed by atoms with E-state index < -0.39 is 0 Å². The Balaban J connectivity index is 1.74. The van der Waals surface area contributed by atoms with Crippen LogP contribution in [0.4, 0.5) is 5.13 Å². The number of aromatic nitrogens is 1. The van der Waals surface area contributed by atoms with Gasteiger partial charge in [0.15, 0.2) is 17.2 Å². The summed E-state index contributed by atoms with van der Waals surface area (Å²) in [7, 11) is 0. The average molecular weight is 334 g/mol. The monoisotopic (exact) mass is 334 g/mol. The highest BCUT2D eigenvalue weighted by molar-refractivity contribution is 7.13. The molecule has 0 spiro atoms. The predicted octanol–water partition coefficient (Wildman–Crippen LogP) is 3.78. The number of nitrogens with zero attached hydrogens (tertiary/aromatic N) is 2. The second kappa shape index (κ2) is 7.32. The molecule has 0 aliphatic carbocycles. The molecule has 1 amide bonds. The quantitative estimate of drug-likeness (QED) is 0.570. The SMILES string of the molecule is CCCCCC(=O)N(Oc1ccc2c(c1)OCO2)c1nccs1. The number of thiazole rings is 1. The molecular formula is C16H18N2O4S. The Kier molecular flexibility index (Phi) is 4.97. The molecule has 0 bridgehead atoms. The minimum absolute atomic E-state index is 0.105. The molecule has 0 saturated heterocycles. The van der Waals surface area contributed by atoms with E-state index in [1.807, 2.05) is 5.38 Å². The van der Waals surface area contributed by atoms with Crippen LogP contribution in [0.15, 0.2) is 29.8 Å². The van der Waals surface area contributed by atoms with Crippen LogP contribution in [-0.2, 0) is 4.79 Å². The van der Waals surface area contributed by atoms with Crippen molar-refractivity contribution in [3.8, 4) is 17.2 Å². The van der Waals surface area contributed by atoms with Gasteiger partial charge in [-0.15, -0.1) is 16.4 Å². The first kappa shape index (κ1) is 15.6. The second-order valence-corrected chi connectivity index (χ2v) is 5.94. The van der Waals surface area contributed by atoms with Crippen molar-refractivity contribution in [1.29, 1.82) is 0 Å². The number of hydrogen-bond acceptors (Lipinski definition) is 6. The first-order valence-corrected chi connectivity index (χ1v) is 8.46. The largest absolute Gasteiger partial charge is 0.454 e. The van der Waals surface area contributed by atoms with E-state index in [4.69, 9.17) is 14.3 Å². The maximum absolute atomic E-state index is 12.5. The van der Waals surface area contributed by atoms with Crippen LogP contribution in [0.1, 0.15) is 32.6 Å². The average Bonchev–Trinajstić information content (AvgIpc) is 3.23. The van der Waals surface area contributed by atoms with Crippen LogP contribution >= 0.6 is 11.3 Å². The van der Waals surface area contributed by atoms with Crippen molar-refractivity contribution in [2.75, 3.05) is 11.9 Å². The molecule has 1 aromatic heterocycles. The molecule has 2 heterocycles. The van der Waals surface area contributed by atoms with Crippen molar-refractivity contribution >= 4 is 22.4 Å². The van der Waals surface area contributed by atoms with Crippen LogP contribution in [-0.4, -0.2) is 17.7 Å². The van der Waals surface area contributed by atoms with Gasteiger partial charge in [-0.05, 0) is 18.6 Å². The Labute approximate surface area is 138 Å². The third-order valence-corrected chi connectivity index (χ3v) is 4.09. The van der Waals surface area contributed by atoms with Gasteiger partial charge in [-0.1, -0.05) is 19.8 Å². The molecular weight excluding hydrogens is 316 g/mol. The summed E-state index contributed by atoms with van der Waals surface area (Å²) in [6, 6.07) is 5.22. The molecule has 23 heavy (non-hydrogen) atoms. The summed E-state index contributed by atoms with van der Waals surface area (Å²) in [6.07, 6.45) is 4.99. The van der Waals surface area contributed by atoms with Gasteiger partial charge < -0.3 is 14.3 Å². The van der Waals surface area contributed by atoms with Crippen LogP contribution in [0.3, 0.4) is 0 Å². The number of amides is 1. The molecule has 0 unspecified atom stereocenters. The maximum Gasteiger partial charge on any atom is 0.262 e. The van der Waals surface area contributed by atoms with Gasteiger partial charge in [-0.3, -0.25) is 4.79 Å². The van der Waals surface area contributed by atoms with Gasteiger partial charge in [0, 0.05) is 24.1 Å². The van der Waals surface area contributed by atoms with Gasteiger partial charge in [0.05, 0.1) is 0 Å². The lowest BCUT2D eigenvalue weighted by Gasteiger charge is -2.19. The second-order valence-electron chi connectivity index (χ2n) is 5.07. The number of unbranched alkanes of at least 4 members (excludes halogenated alkanes) is 2. The smallest absolute Gasteiger partial charge is 0.262 e. The van der Waals surface area contributed by atoms with Gasteiger partial charge in [0.1, 0.15) is 0 Å². The molecule has 2 aromatic rings. The predicted molar refractivity (Wildman–Crippen MR) is 86.9 cm³/mol. The zero-order valence-corrected chi connectivity index (χ0v) is 13.7. The summed E-state index contributed by atoms with van der Waals surface area (Å²) in [4.78, 5) is 22.4. The van der Waals surface area contributed by atoms with Crippen LogP contribution in [0, 0.1) is 0 Å². The highest BCUT2D eigenvalue weighted by Gasteiger charge is 2.22. The maximum atomic E-state index is 12.5. The van der Waals surface area contributed by atoms with Gasteiger partial charge in [-0.2, -0.15) is 0 Å². The van der Waals surface area contributed by atoms with E-state index in [0.717, 1.165) is 19.3 Å². The molecule has 3 rings (SSSR count). The van der Waals surface area contributed by atoms with E-state index in [2.05, 4.69) is 11.9 Å². The van der Waals surface area contributed by atoms with Gasteiger partial charge in [-0.25, -0.2) is 4.98 Å². The van der Waals surface area contributed by atoms with E-state index in [9.17, 15) is 4.79 Å². The van der Waals surface area contributed by atoms with Crippen molar-refractivity contribution in [1.82, 2.24) is 4.98 Å². The molecule has 0 saturated carbocycles. The summed E-state index contributed by atoms with van der Waals surface area (Å²) in [6.45, 7) is 2.30. The number of ether oxygens (including phenoxy) is 2. The van der Waals surface area contributed by atoms with Crippen LogP contribution < -0.4 is 19.4 Å². The topological polar surface area (TPSA) is 60.9 Å². The van der Waals surface area contributed by atoms with E-state index in [1.54, 1.807) is 24.4 Å². The molecule has 1 aliphatic rings. The third-order valence-electron chi connectivity index (χ3n) is 3.35. The number of fused-ring (bicyclic) bond motifs is 1. The van der Waals surface area contributed by atoms with Gasteiger partial charge in [0.2, 0.25) is 11.9 Å². The first-order chi connectivity index (χ1) is 11.3. The molecule has 6 nitrogen and oxygen atoms in total. The molecule has 1 aliphatic heterocycles. The number of benzene rings is 1. The minimum Gasteiger partial charge on any atom is -0.454 e. The fourth-order valence-electron chi connectivity index (χ4n) is 2.18. The summed E-state index contributed by atoms with van der Waals surface area (Å²) in [5.41, 5.74) is 0. The van der Waals surface area contributed by atoms with Crippen molar-refractivity contribution in [2.24, 2.45) is 0 Å². The van der Waals surface area contributed by atoms with E-state index in [0.29, 0.717) is 28.8 Å².